The van der Waals surface area contributed by atoms with Crippen molar-refractivity contribution in [1.82, 2.24) is 10.1 Å². The molecule has 1 fully saturated rings. The predicted octanol–water partition coefficient (Wildman–Crippen LogP) is 4.17. The van der Waals surface area contributed by atoms with Gasteiger partial charge in [0.2, 0.25) is 11.8 Å². The lowest BCUT2D eigenvalue weighted by Crippen LogP contribution is -2.24. The zero-order valence-electron chi connectivity index (χ0n) is 14.4. The van der Waals surface area contributed by atoms with E-state index in [4.69, 9.17) is 16.1 Å². The minimum absolute atomic E-state index is 0.00786. The molecule has 0 radical (unpaired) electrons. The number of anilines is 1. The second-order valence-corrected chi connectivity index (χ2v) is 6.94. The quantitative estimate of drug-likeness (QED) is 0.661. The van der Waals surface area contributed by atoms with E-state index in [1.54, 1.807) is 11.0 Å². The maximum absolute atomic E-state index is 13.4. The summed E-state index contributed by atoms with van der Waals surface area (Å²) in [5, 5.41) is 4.05. The van der Waals surface area contributed by atoms with Gasteiger partial charge in [-0.3, -0.25) is 4.79 Å². The summed E-state index contributed by atoms with van der Waals surface area (Å²) in [6.07, 6.45) is 1.74. The molecule has 1 aliphatic heterocycles. The molecule has 0 bridgehead atoms. The first-order valence-corrected chi connectivity index (χ1v) is 9.10. The van der Waals surface area contributed by atoms with Crippen LogP contribution in [0.25, 0.3) is 0 Å². The number of carbonyl (C=O) groups is 1. The molecule has 1 unspecified atom stereocenters. The largest absolute Gasteiger partial charge is 0.339 e. The minimum atomic E-state index is -0.509. The van der Waals surface area contributed by atoms with Crippen molar-refractivity contribution in [2.75, 3.05) is 11.4 Å². The van der Waals surface area contributed by atoms with Gasteiger partial charge in [0, 0.05) is 31.0 Å². The summed E-state index contributed by atoms with van der Waals surface area (Å²) < 4.78 is 18.7. The van der Waals surface area contributed by atoms with Crippen LogP contribution in [0.15, 0.2) is 53.1 Å². The van der Waals surface area contributed by atoms with Gasteiger partial charge in [0.15, 0.2) is 5.82 Å². The molecule has 1 atom stereocenters. The number of benzene rings is 2. The van der Waals surface area contributed by atoms with E-state index in [9.17, 15) is 9.18 Å². The summed E-state index contributed by atoms with van der Waals surface area (Å²) >= 11 is 5.83. The maximum Gasteiger partial charge on any atom is 0.227 e. The van der Waals surface area contributed by atoms with Crippen LogP contribution < -0.4 is 4.90 Å². The Morgan fingerprint density at radius 1 is 1.19 bits per heavy atom. The van der Waals surface area contributed by atoms with E-state index in [1.807, 2.05) is 18.2 Å². The van der Waals surface area contributed by atoms with Gasteiger partial charge in [0.1, 0.15) is 5.82 Å². The van der Waals surface area contributed by atoms with E-state index in [1.165, 1.54) is 17.7 Å². The Morgan fingerprint density at radius 2 is 2.00 bits per heavy atom. The number of rotatable bonds is 5. The molecule has 0 spiro atoms. The third kappa shape index (κ3) is 3.85. The number of halogens is 2. The highest BCUT2D eigenvalue weighted by atomic mass is 35.5. The smallest absolute Gasteiger partial charge is 0.227 e. The molecule has 2 aromatic carbocycles. The molecule has 1 aliphatic rings. The van der Waals surface area contributed by atoms with E-state index >= 15 is 0 Å². The summed E-state index contributed by atoms with van der Waals surface area (Å²) in [4.78, 5) is 18.4. The number of aromatic nitrogens is 2. The van der Waals surface area contributed by atoms with Gasteiger partial charge in [-0.15, -0.1) is 0 Å². The van der Waals surface area contributed by atoms with Crippen molar-refractivity contribution in [2.24, 2.45) is 0 Å². The summed E-state index contributed by atoms with van der Waals surface area (Å²) in [5.41, 5.74) is 1.77. The van der Waals surface area contributed by atoms with Crippen molar-refractivity contribution in [2.45, 2.75) is 25.2 Å². The van der Waals surface area contributed by atoms with Crippen molar-refractivity contribution in [3.8, 4) is 0 Å². The molecule has 0 aliphatic carbocycles. The molecule has 0 saturated carbocycles. The number of carbonyl (C=O) groups excluding carboxylic acids is 1. The minimum Gasteiger partial charge on any atom is -0.339 e. The van der Waals surface area contributed by atoms with Gasteiger partial charge in [-0.1, -0.05) is 47.1 Å². The Bertz CT molecular complexity index is 961. The lowest BCUT2D eigenvalue weighted by Gasteiger charge is -2.16. The molecule has 4 rings (SSSR count). The lowest BCUT2D eigenvalue weighted by atomic mass is 10.1. The summed E-state index contributed by atoms with van der Waals surface area (Å²) in [6.45, 7) is 0.415. The van der Waals surface area contributed by atoms with E-state index < -0.39 is 5.82 Å². The monoisotopic (exact) mass is 385 g/mol. The van der Waals surface area contributed by atoms with Crippen LogP contribution in [0.4, 0.5) is 10.1 Å². The molecule has 27 heavy (non-hydrogen) atoms. The van der Waals surface area contributed by atoms with Crippen LogP contribution in [0, 0.1) is 5.82 Å². The Morgan fingerprint density at radius 3 is 2.78 bits per heavy atom. The van der Waals surface area contributed by atoms with Crippen molar-refractivity contribution in [3.63, 3.8) is 0 Å². The van der Waals surface area contributed by atoms with Crippen LogP contribution in [0.3, 0.4) is 0 Å². The first-order valence-electron chi connectivity index (χ1n) is 8.72. The summed E-state index contributed by atoms with van der Waals surface area (Å²) in [6, 6.07) is 14.3. The van der Waals surface area contributed by atoms with Crippen LogP contribution in [0.5, 0.6) is 0 Å². The van der Waals surface area contributed by atoms with Crippen molar-refractivity contribution >= 4 is 23.2 Å². The highest BCUT2D eigenvalue weighted by Gasteiger charge is 2.34. The van der Waals surface area contributed by atoms with Gasteiger partial charge in [-0.25, -0.2) is 4.39 Å². The molecule has 1 aromatic heterocycles. The zero-order chi connectivity index (χ0) is 18.8. The normalized spacial score (nSPS) is 16.9. The Labute approximate surface area is 160 Å². The molecule has 0 N–H and O–H groups in total. The topological polar surface area (TPSA) is 59.2 Å². The highest BCUT2D eigenvalue weighted by molar-refractivity contribution is 6.31. The van der Waals surface area contributed by atoms with Crippen molar-refractivity contribution in [1.29, 1.82) is 0 Å². The Kier molecular flexibility index (Phi) is 4.90. The lowest BCUT2D eigenvalue weighted by molar-refractivity contribution is -0.117. The van der Waals surface area contributed by atoms with Gasteiger partial charge in [-0.05, 0) is 30.2 Å². The number of hydrogen-bond donors (Lipinski definition) is 0. The first kappa shape index (κ1) is 17.7. The highest BCUT2D eigenvalue weighted by Crippen LogP contribution is 2.32. The third-order valence-corrected chi connectivity index (χ3v) is 4.95. The molecular formula is C20H17ClFN3O2. The van der Waals surface area contributed by atoms with Gasteiger partial charge in [-0.2, -0.15) is 4.98 Å². The molecule has 2 heterocycles. The SMILES string of the molecule is O=C1CC(c2noc(CCc3ccccc3)n2)CN1c1ccc(F)c(Cl)c1. The second kappa shape index (κ2) is 7.48. The van der Waals surface area contributed by atoms with Crippen LogP contribution >= 0.6 is 11.6 Å². The third-order valence-electron chi connectivity index (χ3n) is 4.66. The number of aryl methyl sites for hydroxylation is 2. The van der Waals surface area contributed by atoms with Crippen LogP contribution in [-0.4, -0.2) is 22.6 Å². The zero-order valence-corrected chi connectivity index (χ0v) is 15.2. The molecule has 5 nitrogen and oxygen atoms in total. The number of hydrogen-bond acceptors (Lipinski definition) is 4. The molecule has 1 amide bonds. The number of nitrogens with zero attached hydrogens (tertiary/aromatic N) is 3. The average molecular weight is 386 g/mol. The van der Waals surface area contributed by atoms with E-state index in [2.05, 4.69) is 22.3 Å². The van der Waals surface area contributed by atoms with Crippen molar-refractivity contribution in [3.05, 3.63) is 76.6 Å². The van der Waals surface area contributed by atoms with Gasteiger partial charge >= 0.3 is 0 Å². The second-order valence-electron chi connectivity index (χ2n) is 6.54. The standard InChI is InChI=1S/C20H17ClFN3O2/c21-16-11-15(7-8-17(16)22)25-12-14(10-19(25)26)20-23-18(27-24-20)9-6-13-4-2-1-3-5-13/h1-5,7-8,11,14H,6,9-10,12H2. The van der Waals surface area contributed by atoms with Gasteiger partial charge in [0.05, 0.1) is 5.02 Å². The molecule has 3 aromatic rings. The summed E-state index contributed by atoms with van der Waals surface area (Å²) in [5.74, 6) is 0.352. The average Bonchev–Trinajstić information content (AvgIpc) is 3.30. The van der Waals surface area contributed by atoms with Gasteiger partial charge < -0.3 is 9.42 Å². The van der Waals surface area contributed by atoms with E-state index in [-0.39, 0.29) is 23.3 Å². The Hall–Kier alpha value is -2.73. The van der Waals surface area contributed by atoms with Crippen LogP contribution in [-0.2, 0) is 17.6 Å². The Balaban J connectivity index is 1.43. The first-order chi connectivity index (χ1) is 13.1. The van der Waals surface area contributed by atoms with Gasteiger partial charge in [0.25, 0.3) is 0 Å². The van der Waals surface area contributed by atoms with Crippen molar-refractivity contribution < 1.29 is 13.7 Å². The predicted molar refractivity (Wildman–Crippen MR) is 99.3 cm³/mol. The molecular weight excluding hydrogens is 369 g/mol. The summed E-state index contributed by atoms with van der Waals surface area (Å²) in [7, 11) is 0. The van der Waals surface area contributed by atoms with E-state index in [0.29, 0.717) is 30.4 Å². The molecule has 138 valence electrons. The van der Waals surface area contributed by atoms with Crippen LogP contribution in [0.2, 0.25) is 5.02 Å². The fourth-order valence-electron chi connectivity index (χ4n) is 3.21. The fraction of sp³-hybridized carbons (Fsp3) is 0.250. The molecule has 1 saturated heterocycles. The fourth-order valence-corrected chi connectivity index (χ4v) is 3.39. The van der Waals surface area contributed by atoms with Crippen LogP contribution in [0.1, 0.15) is 29.6 Å². The maximum atomic E-state index is 13.4. The van der Waals surface area contributed by atoms with E-state index in [0.717, 1.165) is 6.42 Å². The number of amides is 1. The molecule has 7 heteroatoms.